The lowest BCUT2D eigenvalue weighted by Crippen LogP contribution is -1.98. The first-order valence-electron chi connectivity index (χ1n) is 25.3. The van der Waals surface area contributed by atoms with Gasteiger partial charge in [0.1, 0.15) is 0 Å². The van der Waals surface area contributed by atoms with Crippen molar-refractivity contribution >= 4 is 76.1 Å². The summed E-state index contributed by atoms with van der Waals surface area (Å²) >= 11 is 0. The van der Waals surface area contributed by atoms with Gasteiger partial charge in [-0.2, -0.15) is 0 Å². The maximum atomic E-state index is 5.49. The fourth-order valence-electron chi connectivity index (χ4n) is 11.5. The topological polar surface area (TPSA) is 35.6 Å². The van der Waals surface area contributed by atoms with Crippen molar-refractivity contribution in [3.05, 3.63) is 267 Å². The minimum absolute atomic E-state index is 0.705. The number of para-hydroxylation sites is 1. The molecule has 0 unspecified atom stereocenters. The molecular weight excluding hydrogens is 897 g/mol. The fraction of sp³-hybridized carbons (Fsp3) is 0. The van der Waals surface area contributed by atoms with Gasteiger partial charge in [-0.25, -0.2) is 9.97 Å². The van der Waals surface area contributed by atoms with Crippen LogP contribution >= 0.6 is 0 Å². The molecule has 0 bridgehead atoms. The van der Waals surface area contributed by atoms with Crippen LogP contribution in [0.25, 0.3) is 143 Å². The van der Waals surface area contributed by atoms with Crippen LogP contribution in [0.5, 0.6) is 0 Å². The van der Waals surface area contributed by atoms with Crippen molar-refractivity contribution in [2.45, 2.75) is 0 Å². The second kappa shape index (κ2) is 16.9. The number of rotatable bonds is 7. The predicted octanol–water partition coefficient (Wildman–Crippen LogP) is 18.5. The summed E-state index contributed by atoms with van der Waals surface area (Å²) in [5.41, 5.74) is 17.8. The molecule has 74 heavy (non-hydrogen) atoms. The van der Waals surface area contributed by atoms with Gasteiger partial charge >= 0.3 is 0 Å². The van der Waals surface area contributed by atoms with Gasteiger partial charge in [0.25, 0.3) is 0 Å². The Hall–Kier alpha value is -9.90. The quantitative estimate of drug-likeness (QED) is 0.149. The number of aromatic nitrogens is 4. The summed E-state index contributed by atoms with van der Waals surface area (Å²) in [6.45, 7) is 0. The van der Waals surface area contributed by atoms with Crippen LogP contribution in [0.15, 0.2) is 267 Å². The summed E-state index contributed by atoms with van der Waals surface area (Å²) in [6, 6.07) is 96.7. The molecule has 0 atom stereocenters. The summed E-state index contributed by atoms with van der Waals surface area (Å²) < 4.78 is 4.83. The molecule has 0 saturated heterocycles. The van der Waals surface area contributed by atoms with Crippen LogP contribution in [0.1, 0.15) is 0 Å². The number of fused-ring (bicyclic) bond motifs is 10. The van der Waals surface area contributed by atoms with Crippen molar-refractivity contribution in [3.63, 3.8) is 0 Å². The predicted molar refractivity (Wildman–Crippen MR) is 310 cm³/mol. The number of nitrogens with zero attached hydrogens (tertiary/aromatic N) is 4. The fourth-order valence-corrected chi connectivity index (χ4v) is 11.5. The van der Waals surface area contributed by atoms with E-state index in [1.54, 1.807) is 0 Å². The van der Waals surface area contributed by atoms with E-state index in [4.69, 9.17) is 9.97 Å². The molecule has 12 aromatic carbocycles. The summed E-state index contributed by atoms with van der Waals surface area (Å²) in [4.78, 5) is 10.7. The lowest BCUT2D eigenvalue weighted by Gasteiger charge is -2.14. The SMILES string of the molecule is c1ccc(-c2ccc3c(c2)c2cc(-c4ccc5c(c4)c4cc(-c6ccccc6)ccc4n5-c4cccc(-c5nc(-c6ccc7ccccc7c6)nc6ccc7ccccc7c56)c4)ccc2n3-c2ccccc2)cc1. The number of hydrogen-bond donors (Lipinski definition) is 0. The molecule has 0 aliphatic carbocycles. The molecule has 3 aromatic heterocycles. The average molecular weight is 941 g/mol. The van der Waals surface area contributed by atoms with Crippen LogP contribution in [0.2, 0.25) is 0 Å². The summed E-state index contributed by atoms with van der Waals surface area (Å²) in [5.74, 6) is 0.705. The highest BCUT2D eigenvalue weighted by molar-refractivity contribution is 6.15. The Morgan fingerprint density at radius 2 is 0.689 bits per heavy atom. The Morgan fingerprint density at radius 1 is 0.243 bits per heavy atom. The molecule has 4 nitrogen and oxygen atoms in total. The van der Waals surface area contributed by atoms with Crippen LogP contribution in [0.4, 0.5) is 0 Å². The third kappa shape index (κ3) is 6.84. The number of benzene rings is 12. The molecule has 0 aliphatic heterocycles. The molecule has 0 saturated carbocycles. The molecule has 0 fully saturated rings. The van der Waals surface area contributed by atoms with Crippen molar-refractivity contribution in [3.8, 4) is 67.4 Å². The molecule has 0 amide bonds. The maximum Gasteiger partial charge on any atom is 0.160 e. The van der Waals surface area contributed by atoms with Gasteiger partial charge in [0.15, 0.2) is 5.82 Å². The summed E-state index contributed by atoms with van der Waals surface area (Å²) in [7, 11) is 0. The highest BCUT2D eigenvalue weighted by Gasteiger charge is 2.20. The zero-order valence-corrected chi connectivity index (χ0v) is 40.2. The first-order chi connectivity index (χ1) is 36.7. The first kappa shape index (κ1) is 41.8. The van der Waals surface area contributed by atoms with E-state index in [1.807, 2.05) is 0 Å². The molecule has 0 radical (unpaired) electrons. The first-order valence-corrected chi connectivity index (χ1v) is 25.3. The molecule has 0 spiro atoms. The van der Waals surface area contributed by atoms with E-state index < -0.39 is 0 Å². The van der Waals surface area contributed by atoms with E-state index in [-0.39, 0.29) is 0 Å². The summed E-state index contributed by atoms with van der Waals surface area (Å²) in [5, 5.41) is 10.5. The summed E-state index contributed by atoms with van der Waals surface area (Å²) in [6.07, 6.45) is 0. The van der Waals surface area contributed by atoms with E-state index in [1.165, 1.54) is 65.8 Å². The zero-order chi connectivity index (χ0) is 48.7. The lowest BCUT2D eigenvalue weighted by atomic mass is 9.98. The van der Waals surface area contributed by atoms with Gasteiger partial charge in [0.05, 0.1) is 33.3 Å². The standard InChI is InChI=1S/C70H44N4/c1-4-15-45(16-5-1)50-30-35-64-59(41-50)61-43-52(32-37-65(61)73(64)56-23-8-3-9-24-56)53-33-38-67-62(44-53)60-42-51(46-17-6-2-7-18-46)31-36-66(60)74(67)57-25-14-22-54(40-57)69-68-58-26-13-12-20-48(58)29-34-63(68)71-70(72-69)55-28-27-47-19-10-11-21-49(47)39-55/h1-44H. The highest BCUT2D eigenvalue weighted by atomic mass is 15.0. The van der Waals surface area contributed by atoms with Crippen molar-refractivity contribution in [1.29, 1.82) is 0 Å². The van der Waals surface area contributed by atoms with Crippen LogP contribution in [-0.4, -0.2) is 19.1 Å². The Bertz CT molecular complexity index is 4700. The molecule has 15 rings (SSSR count). The van der Waals surface area contributed by atoms with E-state index in [0.29, 0.717) is 5.82 Å². The third-order valence-corrected chi connectivity index (χ3v) is 15.1. The van der Waals surface area contributed by atoms with Crippen molar-refractivity contribution in [1.82, 2.24) is 19.1 Å². The van der Waals surface area contributed by atoms with Crippen LogP contribution in [0, 0.1) is 0 Å². The molecule has 0 aliphatic rings. The smallest absolute Gasteiger partial charge is 0.160 e. The molecule has 15 aromatic rings. The second-order valence-corrected chi connectivity index (χ2v) is 19.4. The zero-order valence-electron chi connectivity index (χ0n) is 40.2. The minimum atomic E-state index is 0.705. The van der Waals surface area contributed by atoms with Gasteiger partial charge < -0.3 is 9.13 Å². The lowest BCUT2D eigenvalue weighted by molar-refractivity contribution is 1.18. The van der Waals surface area contributed by atoms with Gasteiger partial charge in [-0.1, -0.05) is 182 Å². The van der Waals surface area contributed by atoms with Gasteiger partial charge in [-0.05, 0) is 140 Å². The van der Waals surface area contributed by atoms with E-state index >= 15 is 0 Å². The Labute approximate surface area is 427 Å². The van der Waals surface area contributed by atoms with Crippen LogP contribution < -0.4 is 0 Å². The van der Waals surface area contributed by atoms with Crippen molar-refractivity contribution in [2.75, 3.05) is 0 Å². The highest BCUT2D eigenvalue weighted by Crippen LogP contribution is 2.42. The number of hydrogen-bond acceptors (Lipinski definition) is 2. The van der Waals surface area contributed by atoms with Gasteiger partial charge in [0.2, 0.25) is 0 Å². The average Bonchev–Trinajstić information content (AvgIpc) is 3.99. The van der Waals surface area contributed by atoms with E-state index in [9.17, 15) is 0 Å². The Balaban J connectivity index is 0.927. The molecule has 3 heterocycles. The monoisotopic (exact) mass is 940 g/mol. The molecule has 344 valence electrons. The maximum absolute atomic E-state index is 5.49. The van der Waals surface area contributed by atoms with Crippen molar-refractivity contribution in [2.24, 2.45) is 0 Å². The van der Waals surface area contributed by atoms with Gasteiger partial charge in [0, 0.05) is 49.4 Å². The van der Waals surface area contributed by atoms with Crippen LogP contribution in [-0.2, 0) is 0 Å². The van der Waals surface area contributed by atoms with Gasteiger partial charge in [-0.3, -0.25) is 0 Å². The second-order valence-electron chi connectivity index (χ2n) is 19.4. The van der Waals surface area contributed by atoms with Crippen molar-refractivity contribution < 1.29 is 0 Å². The molecule has 4 heteroatoms. The third-order valence-electron chi connectivity index (χ3n) is 15.1. The molecular formula is C70H44N4. The van der Waals surface area contributed by atoms with Crippen LogP contribution in [0.3, 0.4) is 0 Å². The molecule has 0 N–H and O–H groups in total. The largest absolute Gasteiger partial charge is 0.309 e. The Kier molecular flexibility index (Phi) is 9.54. The minimum Gasteiger partial charge on any atom is -0.309 e. The van der Waals surface area contributed by atoms with E-state index in [0.717, 1.165) is 71.9 Å². The Morgan fingerprint density at radius 3 is 1.28 bits per heavy atom. The normalized spacial score (nSPS) is 11.8. The van der Waals surface area contributed by atoms with E-state index in [2.05, 4.69) is 276 Å². The van der Waals surface area contributed by atoms with Gasteiger partial charge in [-0.15, -0.1) is 0 Å².